The summed E-state index contributed by atoms with van der Waals surface area (Å²) in [5.41, 5.74) is 3.31. The molecule has 0 saturated carbocycles. The highest BCUT2D eigenvalue weighted by molar-refractivity contribution is 6.35. The van der Waals surface area contributed by atoms with Gasteiger partial charge in [0, 0.05) is 0 Å². The third-order valence-electron chi connectivity index (χ3n) is 4.29. The number of ether oxygens (including phenoxy) is 1. The second-order valence-corrected chi connectivity index (χ2v) is 6.09. The van der Waals surface area contributed by atoms with Crippen molar-refractivity contribution in [3.8, 4) is 5.75 Å². The molecule has 1 aliphatic heterocycles. The molecule has 0 radical (unpaired) electrons. The van der Waals surface area contributed by atoms with Gasteiger partial charge in [0.05, 0.1) is 19.2 Å². The summed E-state index contributed by atoms with van der Waals surface area (Å²) in [5.74, 6) is -0.953. The third kappa shape index (κ3) is 3.01. The average Bonchev–Trinajstić information content (AvgIpc) is 2.80. The van der Waals surface area contributed by atoms with Crippen molar-refractivity contribution in [3.05, 3.63) is 70.5 Å². The molecule has 0 fully saturated rings. The molecule has 1 aliphatic rings. The van der Waals surface area contributed by atoms with E-state index in [-0.39, 0.29) is 12.1 Å². The van der Waals surface area contributed by atoms with E-state index in [1.165, 1.54) is 0 Å². The third-order valence-corrected chi connectivity index (χ3v) is 4.29. The van der Waals surface area contributed by atoms with E-state index < -0.39 is 17.6 Å². The Kier molecular flexibility index (Phi) is 4.31. The summed E-state index contributed by atoms with van der Waals surface area (Å²) in [6.45, 7) is 3.90. The highest BCUT2D eigenvalue weighted by Crippen LogP contribution is 2.31. The monoisotopic (exact) mass is 337 g/mol. The van der Waals surface area contributed by atoms with Gasteiger partial charge in [0.25, 0.3) is 11.8 Å². The van der Waals surface area contributed by atoms with Crippen LogP contribution in [0.3, 0.4) is 0 Å². The van der Waals surface area contributed by atoms with Crippen molar-refractivity contribution in [1.29, 1.82) is 0 Å². The Morgan fingerprint density at radius 3 is 2.28 bits per heavy atom. The minimum Gasteiger partial charge on any atom is -0.502 e. The zero-order chi connectivity index (χ0) is 18.1. The van der Waals surface area contributed by atoms with Gasteiger partial charge in [-0.05, 0) is 42.7 Å². The lowest BCUT2D eigenvalue weighted by Crippen LogP contribution is -2.31. The van der Waals surface area contributed by atoms with Gasteiger partial charge in [0.1, 0.15) is 5.75 Å². The van der Waals surface area contributed by atoms with Crippen LogP contribution in [0.2, 0.25) is 0 Å². The zero-order valence-corrected chi connectivity index (χ0v) is 14.4. The molecule has 2 aromatic carbocycles. The van der Waals surface area contributed by atoms with Crippen molar-refractivity contribution >= 4 is 17.4 Å². The standard InChI is InChI=1S/C20H19NO4/c1-12-4-9-16(13(2)10-12)17-18(22)20(24)21(19(17)23)11-14-5-7-15(25-3)8-6-14/h4-10,22H,11H2,1-3H3. The Hall–Kier alpha value is -3.08. The maximum absolute atomic E-state index is 12.8. The van der Waals surface area contributed by atoms with Crippen LogP contribution < -0.4 is 4.74 Å². The van der Waals surface area contributed by atoms with Gasteiger partial charge in [-0.3, -0.25) is 14.5 Å². The minimum absolute atomic E-state index is 0.0658. The van der Waals surface area contributed by atoms with E-state index in [1.54, 1.807) is 37.4 Å². The maximum Gasteiger partial charge on any atom is 0.296 e. The number of amides is 2. The number of rotatable bonds is 4. The smallest absolute Gasteiger partial charge is 0.296 e. The molecule has 0 aromatic heterocycles. The van der Waals surface area contributed by atoms with Gasteiger partial charge < -0.3 is 9.84 Å². The van der Waals surface area contributed by atoms with E-state index in [4.69, 9.17) is 4.74 Å². The Morgan fingerprint density at radius 2 is 1.68 bits per heavy atom. The highest BCUT2D eigenvalue weighted by atomic mass is 16.5. The summed E-state index contributed by atoms with van der Waals surface area (Å²) in [6, 6.07) is 12.6. The summed E-state index contributed by atoms with van der Waals surface area (Å²) in [6.07, 6.45) is 0. The van der Waals surface area contributed by atoms with Gasteiger partial charge >= 0.3 is 0 Å². The molecular weight excluding hydrogens is 318 g/mol. The van der Waals surface area contributed by atoms with Gasteiger partial charge in [-0.15, -0.1) is 0 Å². The van der Waals surface area contributed by atoms with Crippen LogP contribution in [0.1, 0.15) is 22.3 Å². The number of hydrogen-bond donors (Lipinski definition) is 1. The molecule has 0 spiro atoms. The summed E-state index contributed by atoms with van der Waals surface area (Å²) in [4.78, 5) is 26.2. The molecule has 0 bridgehead atoms. The van der Waals surface area contributed by atoms with Crippen LogP contribution in [-0.4, -0.2) is 28.9 Å². The molecule has 0 unspecified atom stereocenters. The van der Waals surface area contributed by atoms with Crippen molar-refractivity contribution in [2.45, 2.75) is 20.4 Å². The van der Waals surface area contributed by atoms with Gasteiger partial charge in [0.2, 0.25) is 0 Å². The van der Waals surface area contributed by atoms with E-state index in [0.29, 0.717) is 11.3 Å². The van der Waals surface area contributed by atoms with Crippen LogP contribution in [0.4, 0.5) is 0 Å². The first kappa shape index (κ1) is 16.8. The number of methoxy groups -OCH3 is 1. The molecule has 1 N–H and O–H groups in total. The summed E-state index contributed by atoms with van der Waals surface area (Å²) >= 11 is 0. The van der Waals surface area contributed by atoms with Crippen LogP contribution in [0, 0.1) is 13.8 Å². The van der Waals surface area contributed by atoms with Gasteiger partial charge in [-0.1, -0.05) is 35.9 Å². The molecule has 0 saturated heterocycles. The number of aliphatic hydroxyl groups excluding tert-OH is 1. The second kappa shape index (κ2) is 6.43. The lowest BCUT2D eigenvalue weighted by atomic mass is 9.98. The van der Waals surface area contributed by atoms with Crippen LogP contribution in [0.15, 0.2) is 48.2 Å². The first-order chi connectivity index (χ1) is 11.9. The van der Waals surface area contributed by atoms with Crippen molar-refractivity contribution in [2.24, 2.45) is 0 Å². The zero-order valence-electron chi connectivity index (χ0n) is 14.4. The first-order valence-corrected chi connectivity index (χ1v) is 7.92. The van der Waals surface area contributed by atoms with Gasteiger partial charge in [-0.2, -0.15) is 0 Å². The SMILES string of the molecule is COc1ccc(CN2C(=O)C(O)=C(c3ccc(C)cc3C)C2=O)cc1. The van der Waals surface area contributed by atoms with Crippen LogP contribution in [0.5, 0.6) is 5.75 Å². The van der Waals surface area contributed by atoms with E-state index in [1.807, 2.05) is 26.0 Å². The molecular formula is C20H19NO4. The Balaban J connectivity index is 1.90. The fourth-order valence-electron chi connectivity index (χ4n) is 2.96. The first-order valence-electron chi connectivity index (χ1n) is 7.92. The molecule has 0 atom stereocenters. The normalized spacial score (nSPS) is 14.4. The molecule has 1 heterocycles. The number of carbonyl (C=O) groups is 2. The van der Waals surface area contributed by atoms with Gasteiger partial charge in [0.15, 0.2) is 5.76 Å². The molecule has 3 rings (SSSR count). The number of aliphatic hydroxyl groups is 1. The Morgan fingerprint density at radius 1 is 1.00 bits per heavy atom. The van der Waals surface area contributed by atoms with Crippen molar-refractivity contribution in [2.75, 3.05) is 7.11 Å². The van der Waals surface area contributed by atoms with Gasteiger partial charge in [-0.25, -0.2) is 0 Å². The van der Waals surface area contributed by atoms with E-state index in [9.17, 15) is 14.7 Å². The van der Waals surface area contributed by atoms with Crippen LogP contribution >= 0.6 is 0 Å². The lowest BCUT2D eigenvalue weighted by Gasteiger charge is -2.15. The number of nitrogens with zero attached hydrogens (tertiary/aromatic N) is 1. The molecule has 128 valence electrons. The molecule has 2 aromatic rings. The molecule has 5 nitrogen and oxygen atoms in total. The summed E-state index contributed by atoms with van der Waals surface area (Å²) in [7, 11) is 1.57. The van der Waals surface area contributed by atoms with Crippen molar-refractivity contribution in [1.82, 2.24) is 4.90 Å². The number of aryl methyl sites for hydroxylation is 2. The Labute approximate surface area is 146 Å². The largest absolute Gasteiger partial charge is 0.502 e. The number of benzene rings is 2. The number of carbonyl (C=O) groups excluding carboxylic acids is 2. The van der Waals surface area contributed by atoms with Crippen molar-refractivity contribution in [3.63, 3.8) is 0 Å². The molecule has 2 amide bonds. The predicted molar refractivity (Wildman–Crippen MR) is 94.0 cm³/mol. The fraction of sp³-hybridized carbons (Fsp3) is 0.200. The molecule has 0 aliphatic carbocycles. The van der Waals surface area contributed by atoms with Crippen LogP contribution in [0.25, 0.3) is 5.57 Å². The quantitative estimate of drug-likeness (QED) is 0.871. The second-order valence-electron chi connectivity index (χ2n) is 6.09. The lowest BCUT2D eigenvalue weighted by molar-refractivity contribution is -0.138. The minimum atomic E-state index is -0.671. The highest BCUT2D eigenvalue weighted by Gasteiger charge is 2.39. The summed E-state index contributed by atoms with van der Waals surface area (Å²) in [5, 5.41) is 10.3. The molecule has 25 heavy (non-hydrogen) atoms. The van der Waals surface area contributed by atoms with Crippen LogP contribution in [-0.2, 0) is 16.1 Å². The van der Waals surface area contributed by atoms with E-state index in [0.717, 1.165) is 21.6 Å². The number of hydrogen-bond acceptors (Lipinski definition) is 4. The maximum atomic E-state index is 12.8. The topological polar surface area (TPSA) is 66.8 Å². The average molecular weight is 337 g/mol. The van der Waals surface area contributed by atoms with Crippen molar-refractivity contribution < 1.29 is 19.4 Å². The van der Waals surface area contributed by atoms with E-state index in [2.05, 4.69) is 0 Å². The number of imide groups is 1. The van der Waals surface area contributed by atoms with E-state index >= 15 is 0 Å². The predicted octanol–water partition coefficient (Wildman–Crippen LogP) is 3.15. The summed E-state index contributed by atoms with van der Waals surface area (Å²) < 4.78 is 5.10. The Bertz CT molecular complexity index is 881. The fourth-order valence-corrected chi connectivity index (χ4v) is 2.96. The molecule has 5 heteroatoms.